The average molecular weight is 328 g/mol. The third kappa shape index (κ3) is 2.68. The van der Waals surface area contributed by atoms with E-state index in [1.165, 1.54) is 24.0 Å². The van der Waals surface area contributed by atoms with Gasteiger partial charge in [0.05, 0.1) is 7.11 Å². The smallest absolute Gasteiger partial charge is 0.136 e. The second kappa shape index (κ2) is 6.90. The van der Waals surface area contributed by atoms with Crippen molar-refractivity contribution in [2.75, 3.05) is 7.11 Å². The maximum Gasteiger partial charge on any atom is 0.136 e. The Balaban J connectivity index is 1.96. The Kier molecular flexibility index (Phi) is 5.03. The van der Waals surface area contributed by atoms with Crippen LogP contribution in [0, 0.1) is 17.3 Å². The molecule has 2 heteroatoms. The van der Waals surface area contributed by atoms with E-state index in [0.29, 0.717) is 23.5 Å². The van der Waals surface area contributed by atoms with E-state index >= 15 is 0 Å². The minimum absolute atomic E-state index is 0.0609. The highest BCUT2D eigenvalue weighted by atomic mass is 16.5. The summed E-state index contributed by atoms with van der Waals surface area (Å²) >= 11 is 0. The molecule has 0 saturated heterocycles. The summed E-state index contributed by atoms with van der Waals surface area (Å²) in [6, 6.07) is 6.63. The van der Waals surface area contributed by atoms with Crippen molar-refractivity contribution in [1.82, 2.24) is 0 Å². The molecule has 2 nitrogen and oxygen atoms in total. The van der Waals surface area contributed by atoms with Crippen molar-refractivity contribution < 1.29 is 9.53 Å². The van der Waals surface area contributed by atoms with Gasteiger partial charge in [0.25, 0.3) is 0 Å². The minimum atomic E-state index is -0.0609. The fourth-order valence-corrected chi connectivity index (χ4v) is 5.96. The highest BCUT2D eigenvalue weighted by molar-refractivity contribution is 5.83. The number of benzene rings is 1. The lowest BCUT2D eigenvalue weighted by molar-refractivity contribution is -0.136. The molecular formula is C22H32O2. The predicted molar refractivity (Wildman–Crippen MR) is 98.6 cm³/mol. The molecule has 0 amide bonds. The second-order valence-electron chi connectivity index (χ2n) is 7.89. The van der Waals surface area contributed by atoms with E-state index in [-0.39, 0.29) is 5.41 Å². The molecule has 3 rings (SSSR count). The van der Waals surface area contributed by atoms with Gasteiger partial charge in [-0.25, -0.2) is 0 Å². The Bertz CT molecular complexity index is 606. The van der Waals surface area contributed by atoms with Crippen LogP contribution in [0.15, 0.2) is 18.2 Å². The number of fused-ring (bicyclic) bond motifs is 3. The molecule has 4 atom stereocenters. The van der Waals surface area contributed by atoms with Crippen molar-refractivity contribution >= 4 is 5.78 Å². The maximum atomic E-state index is 12.7. The number of aryl methyl sites for hydroxylation is 1. The van der Waals surface area contributed by atoms with E-state index in [1.807, 2.05) is 6.92 Å². The zero-order valence-corrected chi connectivity index (χ0v) is 15.7. The number of rotatable bonds is 5. The molecule has 1 fully saturated rings. The van der Waals surface area contributed by atoms with Gasteiger partial charge in [-0.05, 0) is 80.0 Å². The second-order valence-corrected chi connectivity index (χ2v) is 7.89. The van der Waals surface area contributed by atoms with Crippen LogP contribution in [0.3, 0.4) is 0 Å². The molecule has 1 aromatic carbocycles. The van der Waals surface area contributed by atoms with Crippen molar-refractivity contribution in [2.24, 2.45) is 17.3 Å². The van der Waals surface area contributed by atoms with Crippen molar-refractivity contribution in [3.05, 3.63) is 29.3 Å². The zero-order valence-electron chi connectivity index (χ0n) is 15.7. The summed E-state index contributed by atoms with van der Waals surface area (Å²) in [5.41, 5.74) is 2.93. The Hall–Kier alpha value is -1.31. The van der Waals surface area contributed by atoms with E-state index < -0.39 is 0 Å². The first-order valence-corrected chi connectivity index (χ1v) is 9.75. The van der Waals surface area contributed by atoms with E-state index in [4.69, 9.17) is 4.74 Å². The van der Waals surface area contributed by atoms with Crippen molar-refractivity contribution in [2.45, 2.75) is 71.6 Å². The minimum Gasteiger partial charge on any atom is -0.497 e. The van der Waals surface area contributed by atoms with Crippen LogP contribution in [0.1, 0.15) is 76.3 Å². The molecule has 0 N–H and O–H groups in total. The highest BCUT2D eigenvalue weighted by Crippen LogP contribution is 2.57. The molecule has 0 heterocycles. The normalized spacial score (nSPS) is 31.9. The molecule has 1 saturated carbocycles. The third-order valence-electron chi connectivity index (χ3n) is 6.98. The summed E-state index contributed by atoms with van der Waals surface area (Å²) in [4.78, 5) is 12.7. The standard InChI is InChI=1S/C22H32O2/c1-5-12-22(15(3)23)13-11-19-18-10-8-17(24-4)14-16(18)7-9-20(19)21(22)6-2/h8,10,14,19-21H,5-7,9,11-13H2,1-4H3/t19-,20-,21?,22?/m1/s1. The highest BCUT2D eigenvalue weighted by Gasteiger charge is 2.51. The summed E-state index contributed by atoms with van der Waals surface area (Å²) in [6.07, 6.45) is 7.90. The summed E-state index contributed by atoms with van der Waals surface area (Å²) in [5.74, 6) is 3.26. The summed E-state index contributed by atoms with van der Waals surface area (Å²) < 4.78 is 5.41. The quantitative estimate of drug-likeness (QED) is 0.709. The first kappa shape index (κ1) is 17.5. The van der Waals surface area contributed by atoms with Crippen LogP contribution in [0.25, 0.3) is 0 Å². The fraction of sp³-hybridized carbons (Fsp3) is 0.682. The molecule has 0 spiro atoms. The van der Waals surface area contributed by atoms with E-state index in [2.05, 4.69) is 32.0 Å². The Morgan fingerprint density at radius 3 is 2.71 bits per heavy atom. The topological polar surface area (TPSA) is 26.3 Å². The molecule has 2 aliphatic rings. The Morgan fingerprint density at radius 2 is 2.08 bits per heavy atom. The molecule has 132 valence electrons. The van der Waals surface area contributed by atoms with Gasteiger partial charge in [0.15, 0.2) is 0 Å². The van der Waals surface area contributed by atoms with Gasteiger partial charge in [-0.3, -0.25) is 4.79 Å². The number of hydrogen-bond donors (Lipinski definition) is 0. The largest absolute Gasteiger partial charge is 0.497 e. The number of carbonyl (C=O) groups excluding carboxylic acids is 1. The maximum absolute atomic E-state index is 12.7. The van der Waals surface area contributed by atoms with Crippen LogP contribution < -0.4 is 4.74 Å². The molecule has 0 aromatic heterocycles. The Labute approximate surface area is 147 Å². The molecule has 2 unspecified atom stereocenters. The van der Waals surface area contributed by atoms with Gasteiger partial charge in [-0.2, -0.15) is 0 Å². The molecule has 0 aliphatic heterocycles. The molecular weight excluding hydrogens is 296 g/mol. The first-order chi connectivity index (χ1) is 11.6. The van der Waals surface area contributed by atoms with Crippen molar-refractivity contribution in [3.8, 4) is 5.75 Å². The van der Waals surface area contributed by atoms with Crippen LogP contribution in [0.2, 0.25) is 0 Å². The van der Waals surface area contributed by atoms with Crippen molar-refractivity contribution in [1.29, 1.82) is 0 Å². The van der Waals surface area contributed by atoms with Gasteiger partial charge in [0.2, 0.25) is 0 Å². The molecule has 0 bridgehead atoms. The first-order valence-electron chi connectivity index (χ1n) is 9.75. The van der Waals surface area contributed by atoms with Gasteiger partial charge in [-0.1, -0.05) is 32.8 Å². The van der Waals surface area contributed by atoms with Crippen LogP contribution in [0.5, 0.6) is 5.75 Å². The average Bonchev–Trinajstić information content (AvgIpc) is 2.60. The van der Waals surface area contributed by atoms with Crippen molar-refractivity contribution in [3.63, 3.8) is 0 Å². The van der Waals surface area contributed by atoms with E-state index in [9.17, 15) is 4.79 Å². The van der Waals surface area contributed by atoms with Gasteiger partial charge in [-0.15, -0.1) is 0 Å². The summed E-state index contributed by atoms with van der Waals surface area (Å²) in [7, 11) is 1.74. The summed E-state index contributed by atoms with van der Waals surface area (Å²) in [6.45, 7) is 6.37. The number of carbonyl (C=O) groups is 1. The number of ether oxygens (including phenoxy) is 1. The monoisotopic (exact) mass is 328 g/mol. The fourth-order valence-electron chi connectivity index (χ4n) is 5.96. The van der Waals surface area contributed by atoms with Gasteiger partial charge in [0, 0.05) is 5.41 Å². The van der Waals surface area contributed by atoms with E-state index in [0.717, 1.165) is 37.9 Å². The van der Waals surface area contributed by atoms with Gasteiger partial charge < -0.3 is 4.74 Å². The van der Waals surface area contributed by atoms with E-state index in [1.54, 1.807) is 7.11 Å². The molecule has 24 heavy (non-hydrogen) atoms. The SMILES string of the molecule is CCCC1(C(C)=O)CC[C@@H]2c3ccc(OC)cc3CC[C@H]2C1CC. The van der Waals surface area contributed by atoms with Crippen LogP contribution in [-0.4, -0.2) is 12.9 Å². The van der Waals surface area contributed by atoms with Gasteiger partial charge in [0.1, 0.15) is 11.5 Å². The number of hydrogen-bond acceptors (Lipinski definition) is 2. The van der Waals surface area contributed by atoms with Crippen LogP contribution in [-0.2, 0) is 11.2 Å². The lowest BCUT2D eigenvalue weighted by Crippen LogP contribution is -2.47. The predicted octanol–water partition coefficient (Wildman–Crippen LogP) is 5.54. The number of methoxy groups -OCH3 is 1. The lowest BCUT2D eigenvalue weighted by atomic mass is 9.51. The molecule has 1 aromatic rings. The summed E-state index contributed by atoms with van der Waals surface area (Å²) in [5, 5.41) is 0. The molecule has 2 aliphatic carbocycles. The number of ketones is 1. The Morgan fingerprint density at radius 1 is 1.29 bits per heavy atom. The van der Waals surface area contributed by atoms with Crippen LogP contribution >= 0.6 is 0 Å². The lowest BCUT2D eigenvalue weighted by Gasteiger charge is -2.52. The third-order valence-corrected chi connectivity index (χ3v) is 6.98. The molecule has 0 radical (unpaired) electrons. The van der Waals surface area contributed by atoms with Crippen LogP contribution in [0.4, 0.5) is 0 Å². The number of Topliss-reactive ketones (excluding diaryl/α,β-unsaturated/α-hetero) is 1. The van der Waals surface area contributed by atoms with Gasteiger partial charge >= 0.3 is 0 Å². The zero-order chi connectivity index (χ0) is 17.3.